The topological polar surface area (TPSA) is 0 Å². The van der Waals surface area contributed by atoms with Crippen LogP contribution in [0, 0.1) is 11.9 Å². The molecule has 1 aromatic carbocycles. The molecular formula is C6H3BrF. The zero-order valence-electron chi connectivity index (χ0n) is 3.99. The van der Waals surface area contributed by atoms with Crippen LogP contribution < -0.4 is 0 Å². The van der Waals surface area contributed by atoms with Crippen molar-refractivity contribution in [1.82, 2.24) is 0 Å². The molecule has 0 fully saturated rings. The van der Waals surface area contributed by atoms with Gasteiger partial charge in [0.1, 0.15) is 5.82 Å². The van der Waals surface area contributed by atoms with E-state index in [1.165, 1.54) is 18.2 Å². The molecule has 8 heavy (non-hydrogen) atoms. The first-order valence-electron chi connectivity index (χ1n) is 2.12. The lowest BCUT2D eigenvalue weighted by Crippen LogP contribution is -1.71. The highest BCUT2D eigenvalue weighted by atomic mass is 79.9. The lowest BCUT2D eigenvalue weighted by atomic mass is 10.4. The number of halogens is 2. The summed E-state index contributed by atoms with van der Waals surface area (Å²) < 4.78 is 12.7. The molecule has 0 unspecified atom stereocenters. The van der Waals surface area contributed by atoms with E-state index in [4.69, 9.17) is 0 Å². The number of rotatable bonds is 0. The van der Waals surface area contributed by atoms with Crippen LogP contribution in [0.25, 0.3) is 0 Å². The molecule has 0 aliphatic carbocycles. The summed E-state index contributed by atoms with van der Waals surface area (Å²) in [5.41, 5.74) is 0. The molecule has 41 valence electrons. The summed E-state index contributed by atoms with van der Waals surface area (Å²) in [4.78, 5) is 0. The summed E-state index contributed by atoms with van der Waals surface area (Å²) in [7, 11) is 0. The summed E-state index contributed by atoms with van der Waals surface area (Å²) in [6, 6.07) is 7.13. The molecule has 0 N–H and O–H groups in total. The predicted molar refractivity (Wildman–Crippen MR) is 32.9 cm³/mol. The molecule has 0 bridgehead atoms. The van der Waals surface area contributed by atoms with Gasteiger partial charge in [-0.25, -0.2) is 4.39 Å². The number of hydrogen-bond acceptors (Lipinski definition) is 0. The Balaban J connectivity index is 3.13. The third-order valence-corrected chi connectivity index (χ3v) is 1.37. The second-order valence-corrected chi connectivity index (χ2v) is 2.19. The molecular weight excluding hydrogens is 171 g/mol. The molecule has 0 saturated carbocycles. The largest absolute Gasteiger partial charge is 0.206 e. The second-order valence-electron chi connectivity index (χ2n) is 1.34. The SMILES string of the molecule is Fc1cc[c]cc1Br. The fourth-order valence-corrected chi connectivity index (χ4v) is 0.655. The predicted octanol–water partition coefficient (Wildman–Crippen LogP) is 2.39. The smallest absolute Gasteiger partial charge is 0.137 e. The van der Waals surface area contributed by atoms with Gasteiger partial charge in [0.25, 0.3) is 0 Å². The number of benzene rings is 1. The molecule has 1 radical (unpaired) electrons. The summed E-state index contributed by atoms with van der Waals surface area (Å²) in [5.74, 6) is -0.247. The van der Waals surface area contributed by atoms with Crippen LogP contribution in [-0.4, -0.2) is 0 Å². The van der Waals surface area contributed by atoms with Gasteiger partial charge in [0.15, 0.2) is 0 Å². The van der Waals surface area contributed by atoms with Crippen molar-refractivity contribution in [3.05, 3.63) is 34.6 Å². The fraction of sp³-hybridized carbons (Fsp3) is 0. The van der Waals surface area contributed by atoms with Crippen LogP contribution in [-0.2, 0) is 0 Å². The lowest BCUT2D eigenvalue weighted by molar-refractivity contribution is 0.621. The standard InChI is InChI=1S/C6H3BrF/c7-5-3-1-2-4-6(5)8/h2-4H. The van der Waals surface area contributed by atoms with Crippen molar-refractivity contribution in [3.8, 4) is 0 Å². The lowest BCUT2D eigenvalue weighted by Gasteiger charge is -1.86. The summed E-state index contributed by atoms with van der Waals surface area (Å²) >= 11 is 2.99. The Kier molecular flexibility index (Phi) is 1.63. The maximum atomic E-state index is 12.3. The Morgan fingerprint density at radius 1 is 1.62 bits per heavy atom. The van der Waals surface area contributed by atoms with E-state index in [0.29, 0.717) is 4.47 Å². The molecule has 2 heteroatoms. The molecule has 0 aliphatic rings. The van der Waals surface area contributed by atoms with Crippen LogP contribution in [0.1, 0.15) is 0 Å². The highest BCUT2D eigenvalue weighted by Gasteiger charge is 1.91. The van der Waals surface area contributed by atoms with E-state index >= 15 is 0 Å². The van der Waals surface area contributed by atoms with E-state index in [9.17, 15) is 4.39 Å². The maximum Gasteiger partial charge on any atom is 0.137 e. The molecule has 0 saturated heterocycles. The monoisotopic (exact) mass is 173 g/mol. The molecule has 0 aromatic heterocycles. The van der Waals surface area contributed by atoms with Crippen LogP contribution >= 0.6 is 15.9 Å². The second kappa shape index (κ2) is 2.27. The van der Waals surface area contributed by atoms with E-state index in [1.54, 1.807) is 0 Å². The van der Waals surface area contributed by atoms with Gasteiger partial charge in [-0.2, -0.15) is 0 Å². The minimum Gasteiger partial charge on any atom is -0.206 e. The van der Waals surface area contributed by atoms with E-state index in [2.05, 4.69) is 22.0 Å². The Morgan fingerprint density at radius 3 is 2.75 bits per heavy atom. The summed E-state index contributed by atoms with van der Waals surface area (Å²) in [5, 5.41) is 0. The van der Waals surface area contributed by atoms with Crippen LogP contribution in [0.15, 0.2) is 22.7 Å². The quantitative estimate of drug-likeness (QED) is 0.566. The van der Waals surface area contributed by atoms with E-state index in [-0.39, 0.29) is 5.82 Å². The van der Waals surface area contributed by atoms with E-state index in [1.807, 2.05) is 0 Å². The van der Waals surface area contributed by atoms with Crippen molar-refractivity contribution in [2.24, 2.45) is 0 Å². The zero-order chi connectivity index (χ0) is 5.98. The molecule has 0 heterocycles. The van der Waals surface area contributed by atoms with Gasteiger partial charge in [-0.3, -0.25) is 0 Å². The number of hydrogen-bond donors (Lipinski definition) is 0. The third-order valence-electron chi connectivity index (χ3n) is 0.764. The van der Waals surface area contributed by atoms with E-state index in [0.717, 1.165) is 0 Å². The average molecular weight is 174 g/mol. The van der Waals surface area contributed by atoms with Gasteiger partial charge in [-0.05, 0) is 34.1 Å². The molecule has 0 spiro atoms. The van der Waals surface area contributed by atoms with Crippen molar-refractivity contribution >= 4 is 15.9 Å². The van der Waals surface area contributed by atoms with Crippen molar-refractivity contribution in [2.45, 2.75) is 0 Å². The Labute approximate surface area is 55.5 Å². The Bertz CT molecular complexity index is 165. The van der Waals surface area contributed by atoms with Gasteiger partial charge in [0, 0.05) is 0 Å². The molecule has 1 aromatic rings. The minimum atomic E-state index is -0.247. The molecule has 0 nitrogen and oxygen atoms in total. The summed E-state index contributed by atoms with van der Waals surface area (Å²) in [6.45, 7) is 0. The highest BCUT2D eigenvalue weighted by molar-refractivity contribution is 9.10. The normalized spacial score (nSPS) is 9.25. The van der Waals surface area contributed by atoms with Crippen molar-refractivity contribution in [1.29, 1.82) is 0 Å². The first-order chi connectivity index (χ1) is 3.80. The van der Waals surface area contributed by atoms with Gasteiger partial charge in [0.05, 0.1) is 4.47 Å². The highest BCUT2D eigenvalue weighted by Crippen LogP contribution is 2.11. The van der Waals surface area contributed by atoms with Gasteiger partial charge < -0.3 is 0 Å². The average Bonchev–Trinajstić information content (AvgIpc) is 1.77. The van der Waals surface area contributed by atoms with Gasteiger partial charge >= 0.3 is 0 Å². The van der Waals surface area contributed by atoms with Gasteiger partial charge in [-0.1, -0.05) is 6.07 Å². The fourth-order valence-electron chi connectivity index (χ4n) is 0.391. The minimum absolute atomic E-state index is 0.247. The van der Waals surface area contributed by atoms with Crippen LogP contribution in [0.5, 0.6) is 0 Å². The first kappa shape index (κ1) is 5.76. The van der Waals surface area contributed by atoms with E-state index < -0.39 is 0 Å². The zero-order valence-corrected chi connectivity index (χ0v) is 5.57. The van der Waals surface area contributed by atoms with Crippen LogP contribution in [0.4, 0.5) is 4.39 Å². The molecule has 0 amide bonds. The van der Waals surface area contributed by atoms with Crippen molar-refractivity contribution in [3.63, 3.8) is 0 Å². The Morgan fingerprint density at radius 2 is 2.38 bits per heavy atom. The molecule has 0 atom stereocenters. The van der Waals surface area contributed by atoms with Crippen LogP contribution in [0.2, 0.25) is 0 Å². The Hall–Kier alpha value is -0.370. The summed E-state index contributed by atoms with van der Waals surface area (Å²) in [6.07, 6.45) is 0. The van der Waals surface area contributed by atoms with Crippen molar-refractivity contribution < 1.29 is 4.39 Å². The third kappa shape index (κ3) is 1.07. The molecule has 1 rings (SSSR count). The van der Waals surface area contributed by atoms with Gasteiger partial charge in [-0.15, -0.1) is 0 Å². The van der Waals surface area contributed by atoms with Crippen LogP contribution in [0.3, 0.4) is 0 Å². The van der Waals surface area contributed by atoms with Gasteiger partial charge in [0.2, 0.25) is 0 Å². The maximum absolute atomic E-state index is 12.3. The van der Waals surface area contributed by atoms with Crippen molar-refractivity contribution in [2.75, 3.05) is 0 Å². The first-order valence-corrected chi connectivity index (χ1v) is 2.91. The molecule has 0 aliphatic heterocycles.